The Kier molecular flexibility index (Phi) is 2.65. The molecule has 0 amide bonds. The Balaban J connectivity index is 3.11. The van der Waals surface area contributed by atoms with E-state index in [-0.39, 0.29) is 6.61 Å². The van der Waals surface area contributed by atoms with Gasteiger partial charge in [0.1, 0.15) is 7.14 Å². The first kappa shape index (κ1) is 9.43. The average Bonchev–Trinajstić information content (AvgIpc) is 2.03. The van der Waals surface area contributed by atoms with Gasteiger partial charge in [0.15, 0.2) is 0 Å². The van der Waals surface area contributed by atoms with Gasteiger partial charge in [0.25, 0.3) is 0 Å². The van der Waals surface area contributed by atoms with Crippen molar-refractivity contribution in [2.75, 3.05) is 13.3 Å². The van der Waals surface area contributed by atoms with E-state index in [0.29, 0.717) is 10.9 Å². The lowest BCUT2D eigenvalue weighted by Gasteiger charge is -2.06. The molecule has 1 aromatic heterocycles. The van der Waals surface area contributed by atoms with Gasteiger partial charge in [0.05, 0.1) is 6.61 Å². The Labute approximate surface area is 71.8 Å². The van der Waals surface area contributed by atoms with Gasteiger partial charge < -0.3 is 9.67 Å². The van der Waals surface area contributed by atoms with E-state index in [0.717, 1.165) is 0 Å². The summed E-state index contributed by atoms with van der Waals surface area (Å²) in [6.45, 7) is 3.32. The fourth-order valence-corrected chi connectivity index (χ4v) is 1.68. The maximum absolute atomic E-state index is 11.6. The van der Waals surface area contributed by atoms with Crippen LogP contribution in [0.1, 0.15) is 5.56 Å². The Morgan fingerprint density at radius 3 is 2.67 bits per heavy atom. The maximum Gasteiger partial charge on any atom is 0.111 e. The molecule has 4 heteroatoms. The van der Waals surface area contributed by atoms with Crippen LogP contribution in [0.25, 0.3) is 0 Å². The molecule has 0 saturated carbocycles. The van der Waals surface area contributed by atoms with E-state index in [4.69, 9.17) is 5.11 Å². The molecule has 0 aliphatic carbocycles. The van der Waals surface area contributed by atoms with Gasteiger partial charge in [0.2, 0.25) is 0 Å². The van der Waals surface area contributed by atoms with Crippen molar-refractivity contribution in [2.24, 2.45) is 0 Å². The molecular weight excluding hydrogens is 173 g/mol. The smallest absolute Gasteiger partial charge is 0.111 e. The summed E-state index contributed by atoms with van der Waals surface area (Å²) in [5.41, 5.74) is 0.705. The summed E-state index contributed by atoms with van der Waals surface area (Å²) in [6, 6.07) is 1.73. The molecule has 1 aromatic rings. The van der Waals surface area contributed by atoms with Crippen LogP contribution in [0.5, 0.6) is 0 Å². The molecule has 12 heavy (non-hydrogen) atoms. The van der Waals surface area contributed by atoms with Crippen molar-refractivity contribution in [3.63, 3.8) is 0 Å². The van der Waals surface area contributed by atoms with E-state index in [1.54, 1.807) is 31.8 Å². The SMILES string of the molecule is CP(C)(=O)c1cncc(CO)c1. The molecule has 3 nitrogen and oxygen atoms in total. The van der Waals surface area contributed by atoms with Crippen LogP contribution >= 0.6 is 7.14 Å². The summed E-state index contributed by atoms with van der Waals surface area (Å²) in [4.78, 5) is 3.89. The molecule has 0 atom stereocenters. The second-order valence-corrected chi connectivity index (χ2v) is 6.28. The largest absolute Gasteiger partial charge is 0.392 e. The van der Waals surface area contributed by atoms with E-state index in [1.165, 1.54) is 0 Å². The summed E-state index contributed by atoms with van der Waals surface area (Å²) in [5.74, 6) is 0. The third kappa shape index (κ3) is 2.16. The zero-order chi connectivity index (χ0) is 9.19. The number of hydrogen-bond acceptors (Lipinski definition) is 3. The van der Waals surface area contributed by atoms with Crippen molar-refractivity contribution in [3.05, 3.63) is 24.0 Å². The molecule has 0 aromatic carbocycles. The molecule has 0 fully saturated rings. The Morgan fingerprint density at radius 2 is 2.17 bits per heavy atom. The van der Waals surface area contributed by atoms with Crippen LogP contribution in [0.15, 0.2) is 18.5 Å². The molecule has 0 bridgehead atoms. The van der Waals surface area contributed by atoms with E-state index < -0.39 is 7.14 Å². The van der Waals surface area contributed by atoms with Gasteiger partial charge in [-0.25, -0.2) is 0 Å². The topological polar surface area (TPSA) is 50.2 Å². The van der Waals surface area contributed by atoms with Gasteiger partial charge in [-0.05, 0) is 25.0 Å². The number of nitrogens with zero attached hydrogens (tertiary/aromatic N) is 1. The van der Waals surface area contributed by atoms with Crippen LogP contribution in [-0.4, -0.2) is 23.4 Å². The van der Waals surface area contributed by atoms with Crippen molar-refractivity contribution in [3.8, 4) is 0 Å². The second-order valence-electron chi connectivity index (χ2n) is 3.06. The molecule has 1 N–H and O–H groups in total. The first-order valence-electron chi connectivity index (χ1n) is 3.64. The molecule has 0 radical (unpaired) electrons. The summed E-state index contributed by atoms with van der Waals surface area (Å²) in [5, 5.41) is 9.51. The van der Waals surface area contributed by atoms with E-state index in [9.17, 15) is 4.57 Å². The summed E-state index contributed by atoms with van der Waals surface area (Å²) < 4.78 is 11.6. The minimum Gasteiger partial charge on any atom is -0.392 e. The fourth-order valence-electron chi connectivity index (χ4n) is 0.855. The first-order valence-corrected chi connectivity index (χ1v) is 6.24. The van der Waals surface area contributed by atoms with Gasteiger partial charge in [-0.3, -0.25) is 4.98 Å². The number of aliphatic hydroxyl groups is 1. The first-order chi connectivity index (χ1) is 5.54. The van der Waals surface area contributed by atoms with Gasteiger partial charge >= 0.3 is 0 Å². The Hall–Kier alpha value is -0.660. The van der Waals surface area contributed by atoms with Crippen molar-refractivity contribution in [1.29, 1.82) is 0 Å². The minimum atomic E-state index is -2.23. The predicted octanol–water partition coefficient (Wildman–Crippen LogP) is 0.822. The highest BCUT2D eigenvalue weighted by molar-refractivity contribution is 7.70. The summed E-state index contributed by atoms with van der Waals surface area (Å²) in [7, 11) is -2.23. The Morgan fingerprint density at radius 1 is 1.50 bits per heavy atom. The van der Waals surface area contributed by atoms with Crippen molar-refractivity contribution in [2.45, 2.75) is 6.61 Å². The lowest BCUT2D eigenvalue weighted by atomic mass is 10.3. The van der Waals surface area contributed by atoms with E-state index >= 15 is 0 Å². The molecule has 0 saturated heterocycles. The van der Waals surface area contributed by atoms with Crippen LogP contribution < -0.4 is 5.30 Å². The molecule has 0 spiro atoms. The van der Waals surface area contributed by atoms with Gasteiger partial charge in [0, 0.05) is 17.7 Å². The highest BCUT2D eigenvalue weighted by Gasteiger charge is 2.11. The number of pyridine rings is 1. The molecule has 0 aliphatic heterocycles. The molecular formula is C8H12NO2P. The van der Waals surface area contributed by atoms with Crippen molar-refractivity contribution < 1.29 is 9.67 Å². The molecule has 66 valence electrons. The van der Waals surface area contributed by atoms with Crippen LogP contribution in [0.3, 0.4) is 0 Å². The van der Waals surface area contributed by atoms with Crippen LogP contribution in [0.2, 0.25) is 0 Å². The van der Waals surface area contributed by atoms with E-state index in [1.807, 2.05) is 0 Å². The van der Waals surface area contributed by atoms with Crippen LogP contribution in [0, 0.1) is 0 Å². The lowest BCUT2D eigenvalue weighted by molar-refractivity contribution is 0.281. The van der Waals surface area contributed by atoms with E-state index in [2.05, 4.69) is 4.98 Å². The third-order valence-electron chi connectivity index (χ3n) is 1.58. The monoisotopic (exact) mass is 185 g/mol. The second kappa shape index (κ2) is 3.38. The van der Waals surface area contributed by atoms with Crippen molar-refractivity contribution >= 4 is 12.4 Å². The highest BCUT2D eigenvalue weighted by atomic mass is 31.2. The predicted molar refractivity (Wildman–Crippen MR) is 49.2 cm³/mol. The highest BCUT2D eigenvalue weighted by Crippen LogP contribution is 2.34. The molecule has 0 unspecified atom stereocenters. The minimum absolute atomic E-state index is 0.0547. The van der Waals surface area contributed by atoms with Crippen LogP contribution in [-0.2, 0) is 11.2 Å². The zero-order valence-corrected chi connectivity index (χ0v) is 8.08. The number of aliphatic hydroxyl groups excluding tert-OH is 1. The van der Waals surface area contributed by atoms with Gasteiger partial charge in [-0.1, -0.05) is 0 Å². The summed E-state index contributed by atoms with van der Waals surface area (Å²) in [6.07, 6.45) is 3.15. The average molecular weight is 185 g/mol. The normalized spacial score (nSPS) is 11.6. The molecule has 1 rings (SSSR count). The summed E-state index contributed by atoms with van der Waals surface area (Å²) >= 11 is 0. The number of aromatic nitrogens is 1. The standard InChI is InChI=1S/C8H12NO2P/c1-12(2,11)8-3-7(6-10)4-9-5-8/h3-5,10H,6H2,1-2H3. The molecule has 0 aliphatic rings. The fraction of sp³-hybridized carbons (Fsp3) is 0.375. The number of hydrogen-bond donors (Lipinski definition) is 1. The van der Waals surface area contributed by atoms with Crippen molar-refractivity contribution in [1.82, 2.24) is 4.98 Å². The Bertz CT molecular complexity index is 319. The maximum atomic E-state index is 11.6. The quantitative estimate of drug-likeness (QED) is 0.694. The number of rotatable bonds is 2. The lowest BCUT2D eigenvalue weighted by Crippen LogP contribution is -2.05. The van der Waals surface area contributed by atoms with Gasteiger partial charge in [-0.2, -0.15) is 0 Å². The van der Waals surface area contributed by atoms with Crippen LogP contribution in [0.4, 0.5) is 0 Å². The molecule has 1 heterocycles. The van der Waals surface area contributed by atoms with Gasteiger partial charge in [-0.15, -0.1) is 0 Å². The zero-order valence-electron chi connectivity index (χ0n) is 7.19. The third-order valence-corrected chi connectivity index (χ3v) is 3.07.